The highest BCUT2D eigenvalue weighted by Crippen LogP contribution is 2.08. The van der Waals surface area contributed by atoms with Gasteiger partial charge in [0.25, 0.3) is 0 Å². The largest absolute Gasteiger partial charge is 0.374 e. The summed E-state index contributed by atoms with van der Waals surface area (Å²) in [6, 6.07) is 0. The molecule has 0 spiro atoms. The summed E-state index contributed by atoms with van der Waals surface area (Å²) in [4.78, 5) is 0. The van der Waals surface area contributed by atoms with Crippen LogP contribution >= 0.6 is 0 Å². The van der Waals surface area contributed by atoms with E-state index >= 15 is 0 Å². The van der Waals surface area contributed by atoms with Crippen LogP contribution in [0.2, 0.25) is 0 Å². The lowest BCUT2D eigenvalue weighted by Gasteiger charge is -2.06. The summed E-state index contributed by atoms with van der Waals surface area (Å²) in [6.45, 7) is 4.21. The van der Waals surface area contributed by atoms with Gasteiger partial charge in [0.05, 0.1) is 0 Å². The molecule has 0 rings (SSSR count). The quantitative estimate of drug-likeness (QED) is 0.413. The molecule has 0 aliphatic rings. The van der Waals surface area contributed by atoms with Crippen LogP contribution in [0.15, 0.2) is 12.3 Å². The van der Waals surface area contributed by atoms with Crippen LogP contribution in [0.25, 0.3) is 0 Å². The first-order valence-corrected chi connectivity index (χ1v) is 6.90. The van der Waals surface area contributed by atoms with Gasteiger partial charge in [-0.25, -0.2) is 0 Å². The van der Waals surface area contributed by atoms with Gasteiger partial charge in [-0.2, -0.15) is 0 Å². The van der Waals surface area contributed by atoms with Gasteiger partial charge in [-0.1, -0.05) is 58.4 Å². The Bertz CT molecular complexity index is 157. The van der Waals surface area contributed by atoms with Crippen LogP contribution in [0.1, 0.15) is 71.6 Å². The summed E-state index contributed by atoms with van der Waals surface area (Å²) in [6.07, 6.45) is 15.0. The van der Waals surface area contributed by atoms with Crippen molar-refractivity contribution in [3.8, 4) is 0 Å². The Morgan fingerprint density at radius 2 is 1.62 bits per heavy atom. The molecule has 0 radical (unpaired) electrons. The third kappa shape index (κ3) is 11.6. The smallest absolute Gasteiger partial charge is 0.123 e. The average Bonchev–Trinajstić information content (AvgIpc) is 2.31. The predicted octanol–water partition coefficient (Wildman–Crippen LogP) is 3.96. The normalized spacial score (nSPS) is 13.2. The molecular weight excluding hydrogens is 198 g/mol. The first-order chi connectivity index (χ1) is 7.81. The molecule has 2 heteroatoms. The van der Waals surface area contributed by atoms with Crippen LogP contribution in [-0.4, -0.2) is 11.3 Å². The highest BCUT2D eigenvalue weighted by Gasteiger charge is 1.92. The summed E-state index contributed by atoms with van der Waals surface area (Å²) < 4.78 is 0. The van der Waals surface area contributed by atoms with Crippen molar-refractivity contribution in [2.24, 2.45) is 0 Å². The van der Waals surface area contributed by atoms with Gasteiger partial charge in [0, 0.05) is 0 Å². The number of hydrogen-bond donors (Lipinski definition) is 2. The van der Waals surface area contributed by atoms with Crippen LogP contribution in [-0.2, 0) is 0 Å². The number of allylic oxidation sites excluding steroid dienone is 1. The number of aliphatic hydroxyl groups is 1. The molecule has 0 aliphatic carbocycles. The first kappa shape index (κ1) is 15.5. The molecule has 0 saturated heterocycles. The van der Waals surface area contributed by atoms with Crippen molar-refractivity contribution < 1.29 is 5.11 Å². The Hall–Kier alpha value is -0.500. The molecule has 0 aromatic carbocycles. The fourth-order valence-corrected chi connectivity index (χ4v) is 1.60. The van der Waals surface area contributed by atoms with Gasteiger partial charge in [0.15, 0.2) is 0 Å². The molecule has 0 amide bonds. The van der Waals surface area contributed by atoms with Crippen LogP contribution in [0.5, 0.6) is 0 Å². The molecule has 1 atom stereocenters. The van der Waals surface area contributed by atoms with E-state index in [-0.39, 0.29) is 6.23 Å². The topological polar surface area (TPSA) is 32.3 Å². The Morgan fingerprint density at radius 1 is 1.00 bits per heavy atom. The summed E-state index contributed by atoms with van der Waals surface area (Å²) in [5.41, 5.74) is 0. The Kier molecular flexibility index (Phi) is 12.2. The van der Waals surface area contributed by atoms with E-state index in [9.17, 15) is 5.11 Å². The molecule has 96 valence electrons. The SMILES string of the molecule is CCCCCCCCCC=CNC(O)CC. The number of hydrogen-bond acceptors (Lipinski definition) is 2. The highest BCUT2D eigenvalue weighted by atomic mass is 16.3. The molecule has 16 heavy (non-hydrogen) atoms. The summed E-state index contributed by atoms with van der Waals surface area (Å²) in [7, 11) is 0. The molecule has 0 aromatic heterocycles. The van der Waals surface area contributed by atoms with Crippen molar-refractivity contribution in [2.75, 3.05) is 0 Å². The first-order valence-electron chi connectivity index (χ1n) is 6.90. The average molecular weight is 227 g/mol. The number of unbranched alkanes of at least 4 members (excludes halogenated alkanes) is 7. The van der Waals surface area contributed by atoms with E-state index in [4.69, 9.17) is 0 Å². The van der Waals surface area contributed by atoms with Gasteiger partial charge in [-0.3, -0.25) is 0 Å². The van der Waals surface area contributed by atoms with Gasteiger partial charge in [0.2, 0.25) is 0 Å². The minimum absolute atomic E-state index is 0.384. The summed E-state index contributed by atoms with van der Waals surface area (Å²) >= 11 is 0. The van der Waals surface area contributed by atoms with E-state index in [1.165, 1.54) is 44.9 Å². The number of aliphatic hydroxyl groups excluding tert-OH is 1. The van der Waals surface area contributed by atoms with Crippen LogP contribution in [0.4, 0.5) is 0 Å². The molecule has 2 N–H and O–H groups in total. The van der Waals surface area contributed by atoms with Gasteiger partial charge < -0.3 is 10.4 Å². The lowest BCUT2D eigenvalue weighted by atomic mass is 10.1. The molecule has 0 saturated carbocycles. The second-order valence-corrected chi connectivity index (χ2v) is 4.40. The monoisotopic (exact) mass is 227 g/mol. The van der Waals surface area contributed by atoms with E-state index in [0.29, 0.717) is 0 Å². The third-order valence-corrected chi connectivity index (χ3v) is 2.77. The van der Waals surface area contributed by atoms with Gasteiger partial charge in [-0.15, -0.1) is 0 Å². The van der Waals surface area contributed by atoms with Gasteiger partial charge in [-0.05, 0) is 25.5 Å². The Balaban J connectivity index is 3.08. The lowest BCUT2D eigenvalue weighted by molar-refractivity contribution is 0.149. The third-order valence-electron chi connectivity index (χ3n) is 2.77. The molecular formula is C14H29NO. The summed E-state index contributed by atoms with van der Waals surface area (Å²) in [5, 5.41) is 12.1. The molecule has 0 fully saturated rings. The molecule has 0 bridgehead atoms. The van der Waals surface area contributed by atoms with E-state index < -0.39 is 0 Å². The molecule has 2 nitrogen and oxygen atoms in total. The maximum absolute atomic E-state index is 9.22. The second kappa shape index (κ2) is 12.6. The maximum atomic E-state index is 9.22. The van der Waals surface area contributed by atoms with Gasteiger partial charge in [0.1, 0.15) is 6.23 Å². The van der Waals surface area contributed by atoms with Gasteiger partial charge >= 0.3 is 0 Å². The van der Waals surface area contributed by atoms with Crippen molar-refractivity contribution >= 4 is 0 Å². The van der Waals surface area contributed by atoms with Crippen LogP contribution < -0.4 is 5.32 Å². The second-order valence-electron chi connectivity index (χ2n) is 4.40. The zero-order valence-corrected chi connectivity index (χ0v) is 11.0. The fraction of sp³-hybridized carbons (Fsp3) is 0.857. The van der Waals surface area contributed by atoms with Crippen LogP contribution in [0.3, 0.4) is 0 Å². The number of rotatable bonds is 11. The zero-order chi connectivity index (χ0) is 12.1. The van der Waals surface area contributed by atoms with Crippen molar-refractivity contribution in [1.82, 2.24) is 5.32 Å². The number of nitrogens with one attached hydrogen (secondary N) is 1. The minimum atomic E-state index is -0.384. The Labute approximate surface area is 101 Å². The van der Waals surface area contributed by atoms with E-state index in [1.54, 1.807) is 0 Å². The molecule has 1 unspecified atom stereocenters. The lowest BCUT2D eigenvalue weighted by Crippen LogP contribution is -2.21. The molecule has 0 heterocycles. The van der Waals surface area contributed by atoms with Crippen LogP contribution in [0, 0.1) is 0 Å². The Morgan fingerprint density at radius 3 is 2.25 bits per heavy atom. The van der Waals surface area contributed by atoms with Crippen molar-refractivity contribution in [3.05, 3.63) is 12.3 Å². The van der Waals surface area contributed by atoms with E-state index in [0.717, 1.165) is 12.8 Å². The maximum Gasteiger partial charge on any atom is 0.123 e. The zero-order valence-electron chi connectivity index (χ0n) is 11.0. The molecule has 0 aliphatic heterocycles. The van der Waals surface area contributed by atoms with E-state index in [1.807, 2.05) is 13.1 Å². The standard InChI is InChI=1S/C14H29NO/c1-3-5-6-7-8-9-10-11-12-13-15-14(16)4-2/h12-16H,3-11H2,1-2H3. The predicted molar refractivity (Wildman–Crippen MR) is 71.2 cm³/mol. The molecule has 0 aromatic rings. The van der Waals surface area contributed by atoms with Crippen molar-refractivity contribution in [3.63, 3.8) is 0 Å². The minimum Gasteiger partial charge on any atom is -0.374 e. The van der Waals surface area contributed by atoms with E-state index in [2.05, 4.69) is 18.3 Å². The fourth-order valence-electron chi connectivity index (χ4n) is 1.60. The van der Waals surface area contributed by atoms with Crippen molar-refractivity contribution in [1.29, 1.82) is 0 Å². The highest BCUT2D eigenvalue weighted by molar-refractivity contribution is 4.79. The van der Waals surface area contributed by atoms with Crippen molar-refractivity contribution in [2.45, 2.75) is 77.9 Å². The summed E-state index contributed by atoms with van der Waals surface area (Å²) in [5.74, 6) is 0.